The number of hydrogen-bond acceptors (Lipinski definition) is 3. The van der Waals surface area contributed by atoms with Crippen molar-refractivity contribution < 1.29 is 58.8 Å². The number of fused-ring (bicyclic) bond motifs is 5. The van der Waals surface area contributed by atoms with Gasteiger partial charge in [0.15, 0.2) is 0 Å². The molecule has 49 heavy (non-hydrogen) atoms. The van der Waals surface area contributed by atoms with Crippen LogP contribution in [0.5, 0.6) is 5.75 Å². The number of benzene rings is 1. The van der Waals surface area contributed by atoms with Crippen LogP contribution in [-0.4, -0.2) is 70.7 Å². The molecule has 0 radical (unpaired) electrons. The monoisotopic (exact) mass is 721 g/mol. The summed E-state index contributed by atoms with van der Waals surface area (Å²) in [7, 11) is 1.44. The third-order valence-corrected chi connectivity index (χ3v) is 12.2. The molecule has 0 heterocycles. The van der Waals surface area contributed by atoms with E-state index in [9.17, 15) is 54.9 Å². The number of nitrogens with zero attached hydrogens (tertiary/aromatic N) is 1. The summed E-state index contributed by atoms with van der Waals surface area (Å²) in [6.07, 6.45) is -5.04. The first-order chi connectivity index (χ1) is 22.4. The molecule has 1 aromatic carbocycles. The lowest BCUT2D eigenvalue weighted by atomic mass is 9.50. The molecule has 0 saturated heterocycles. The van der Waals surface area contributed by atoms with Gasteiger partial charge in [0.05, 0.1) is 25.7 Å². The second-order valence-electron chi connectivity index (χ2n) is 15.6. The zero-order valence-corrected chi connectivity index (χ0v) is 28.3. The van der Waals surface area contributed by atoms with Crippen LogP contribution < -0.4 is 0 Å². The molecule has 3 aliphatic rings. The third kappa shape index (κ3) is 7.71. The first-order valence-electron chi connectivity index (χ1n) is 17.3. The van der Waals surface area contributed by atoms with Gasteiger partial charge in [0.25, 0.3) is 0 Å². The van der Waals surface area contributed by atoms with Crippen molar-refractivity contribution in [2.45, 2.75) is 139 Å². The van der Waals surface area contributed by atoms with Crippen LogP contribution in [0.15, 0.2) is 18.2 Å². The summed E-state index contributed by atoms with van der Waals surface area (Å²) in [4.78, 5) is 0. The quantitative estimate of drug-likeness (QED) is 0.0821. The first-order valence-corrected chi connectivity index (χ1v) is 17.3. The zero-order valence-electron chi connectivity index (χ0n) is 28.3. The normalized spacial score (nSPS) is 31.9. The molecule has 0 spiro atoms. The summed E-state index contributed by atoms with van der Waals surface area (Å²) in [5.41, 5.74) is 0.379. The van der Waals surface area contributed by atoms with E-state index in [1.54, 1.807) is 12.1 Å². The first kappa shape index (κ1) is 40.0. The van der Waals surface area contributed by atoms with Crippen LogP contribution in [0.1, 0.15) is 108 Å². The number of quaternary nitrogens is 1. The van der Waals surface area contributed by atoms with Gasteiger partial charge >= 0.3 is 23.9 Å². The number of unbranched alkanes of at least 4 members (excludes halogenated alkanes) is 5. The van der Waals surface area contributed by atoms with Crippen LogP contribution in [-0.2, 0) is 6.42 Å². The van der Waals surface area contributed by atoms with Crippen molar-refractivity contribution >= 4 is 0 Å². The zero-order chi connectivity index (χ0) is 36.8. The van der Waals surface area contributed by atoms with Crippen molar-refractivity contribution in [1.82, 2.24) is 0 Å². The van der Waals surface area contributed by atoms with Gasteiger partial charge in [0.2, 0.25) is 0 Å². The van der Waals surface area contributed by atoms with Gasteiger partial charge in [-0.25, -0.2) is 4.39 Å². The molecule has 0 bridgehead atoms. The fraction of sp³-hybridized carbons (Fsp3) is 0.829. The van der Waals surface area contributed by atoms with Crippen LogP contribution in [0, 0.1) is 28.4 Å². The highest BCUT2D eigenvalue weighted by molar-refractivity contribution is 5.41. The van der Waals surface area contributed by atoms with Crippen LogP contribution >= 0.6 is 0 Å². The summed E-state index contributed by atoms with van der Waals surface area (Å²) in [5.74, 6) is -18.9. The van der Waals surface area contributed by atoms with Gasteiger partial charge in [-0.1, -0.05) is 25.8 Å². The van der Waals surface area contributed by atoms with E-state index in [4.69, 9.17) is 0 Å². The van der Waals surface area contributed by atoms with Crippen LogP contribution in [0.25, 0.3) is 0 Å². The minimum absolute atomic E-state index is 0.0348. The molecule has 2 N–H and O–H groups in total. The molecule has 2 fully saturated rings. The van der Waals surface area contributed by atoms with E-state index in [1.807, 2.05) is 19.9 Å². The Kier molecular flexibility index (Phi) is 11.4. The Hall–Kier alpha value is -1.80. The van der Waals surface area contributed by atoms with Gasteiger partial charge in [0.1, 0.15) is 11.9 Å². The average Bonchev–Trinajstić information content (AvgIpc) is 3.21. The SMILES string of the molecule is C[C@]12C[C@H](F)[C@@H]3c4ccc(O)cc4C[C@@H](CCCCC[N+](C)([O-])CCCCCCC(F)(F)C(F)(F)C(F)(F)C(F)(F)F)[C@H]3[C@@H]1CC[C@@]2(C)O. The highest BCUT2D eigenvalue weighted by Gasteiger charge is 2.81. The molecule has 282 valence electrons. The Labute approximate surface area is 281 Å². The van der Waals surface area contributed by atoms with Gasteiger partial charge in [-0.3, -0.25) is 0 Å². The summed E-state index contributed by atoms with van der Waals surface area (Å²) in [5, 5.41) is 34.4. The van der Waals surface area contributed by atoms with E-state index in [-0.39, 0.29) is 68.2 Å². The van der Waals surface area contributed by atoms with Gasteiger partial charge in [0, 0.05) is 17.8 Å². The largest absolute Gasteiger partial charge is 0.633 e. The van der Waals surface area contributed by atoms with E-state index in [0.717, 1.165) is 36.8 Å². The molecule has 0 amide bonds. The van der Waals surface area contributed by atoms with Gasteiger partial charge in [-0.15, -0.1) is 0 Å². The standard InChI is InChI=1S/C35H49F10NO3/c1-30-21-27(36)29-25-13-12-24(47)20-23(25)19-22(28(29)26(30)14-16-31(30,2)48)11-7-6-10-18-46(3,49)17-9-5-4-8-15-32(37,38)33(39,40)34(41,42)35(43,44)45/h12-13,20,22,26-29,47-48H,4-11,14-19,21H2,1-3H3/t22-,26+,27+,28+,29+,30+,31-,46?/m1/s1. The molecule has 4 nitrogen and oxygen atoms in total. The molecular formula is C35H49F10NO3. The lowest BCUT2D eigenvalue weighted by Gasteiger charge is -2.56. The van der Waals surface area contributed by atoms with Crippen molar-refractivity contribution in [3.63, 3.8) is 0 Å². The Morgan fingerprint density at radius 2 is 1.47 bits per heavy atom. The molecule has 0 aromatic heterocycles. The van der Waals surface area contributed by atoms with E-state index in [2.05, 4.69) is 0 Å². The molecule has 14 heteroatoms. The lowest BCUT2D eigenvalue weighted by Crippen LogP contribution is -2.60. The summed E-state index contributed by atoms with van der Waals surface area (Å²) < 4.78 is 133. The topological polar surface area (TPSA) is 63.5 Å². The number of phenols is 1. The van der Waals surface area contributed by atoms with Gasteiger partial charge in [-0.2, -0.15) is 39.5 Å². The number of aromatic hydroxyl groups is 1. The smallest absolute Gasteiger partial charge is 0.460 e. The Morgan fingerprint density at radius 1 is 0.878 bits per heavy atom. The molecule has 8 atom stereocenters. The summed E-state index contributed by atoms with van der Waals surface area (Å²) in [6, 6.07) is 5.16. The second-order valence-corrected chi connectivity index (χ2v) is 15.6. The molecule has 2 saturated carbocycles. The Bertz CT molecular complexity index is 1290. The molecule has 3 aliphatic carbocycles. The molecule has 1 unspecified atom stereocenters. The molecule has 4 rings (SSSR count). The second kappa shape index (κ2) is 14.0. The van der Waals surface area contributed by atoms with Crippen molar-refractivity contribution in [2.75, 3.05) is 20.1 Å². The molecule has 1 aromatic rings. The molecule has 0 aliphatic heterocycles. The van der Waals surface area contributed by atoms with E-state index in [0.29, 0.717) is 19.3 Å². The van der Waals surface area contributed by atoms with Crippen LogP contribution in [0.4, 0.5) is 43.9 Å². The van der Waals surface area contributed by atoms with Crippen molar-refractivity contribution in [2.24, 2.45) is 23.2 Å². The maximum Gasteiger partial charge on any atom is 0.460 e. The summed E-state index contributed by atoms with van der Waals surface area (Å²) >= 11 is 0. The predicted molar refractivity (Wildman–Crippen MR) is 164 cm³/mol. The maximum atomic E-state index is 16.1. The van der Waals surface area contributed by atoms with Crippen molar-refractivity contribution in [3.05, 3.63) is 34.5 Å². The highest BCUT2D eigenvalue weighted by atomic mass is 19.4. The number of rotatable bonds is 15. The van der Waals surface area contributed by atoms with Crippen molar-refractivity contribution in [3.8, 4) is 5.75 Å². The van der Waals surface area contributed by atoms with E-state index in [1.165, 1.54) is 7.05 Å². The minimum atomic E-state index is -6.88. The minimum Gasteiger partial charge on any atom is -0.633 e. The third-order valence-electron chi connectivity index (χ3n) is 12.2. The van der Waals surface area contributed by atoms with Crippen LogP contribution in [0.2, 0.25) is 0 Å². The maximum absolute atomic E-state index is 16.1. The number of phenolic OH excluding ortho intramolecular Hbond substituents is 1. The molecular weight excluding hydrogens is 672 g/mol. The number of hydroxylamine groups is 3. The number of hydrogen-bond donors (Lipinski definition) is 2. The highest BCUT2D eigenvalue weighted by Crippen LogP contribution is 2.66. The fourth-order valence-electron chi connectivity index (χ4n) is 9.14. The van der Waals surface area contributed by atoms with Gasteiger partial charge in [-0.05, 0) is 112 Å². The lowest BCUT2D eigenvalue weighted by molar-refractivity contribution is -0.861. The van der Waals surface area contributed by atoms with Crippen LogP contribution in [0.3, 0.4) is 0 Å². The average molecular weight is 722 g/mol. The van der Waals surface area contributed by atoms with E-state index < -0.39 is 58.6 Å². The number of aliphatic hydroxyl groups is 1. The van der Waals surface area contributed by atoms with Gasteiger partial charge < -0.3 is 20.1 Å². The number of halogens is 10. The Morgan fingerprint density at radius 3 is 2.08 bits per heavy atom. The van der Waals surface area contributed by atoms with Crippen molar-refractivity contribution in [1.29, 1.82) is 0 Å². The predicted octanol–water partition coefficient (Wildman–Crippen LogP) is 10.1. The fourth-order valence-corrected chi connectivity index (χ4v) is 9.14. The van der Waals surface area contributed by atoms with E-state index >= 15 is 4.39 Å². The summed E-state index contributed by atoms with van der Waals surface area (Å²) in [6.45, 7) is 4.16. The number of alkyl halides is 10. The Balaban J connectivity index is 1.23.